The number of nitrogens with two attached hydrogens (primary N) is 2. The van der Waals surface area contributed by atoms with Gasteiger partial charge in [0.25, 0.3) is 0 Å². The summed E-state index contributed by atoms with van der Waals surface area (Å²) in [5.74, 6) is 0.133. The molecule has 1 fully saturated rings. The fraction of sp³-hybridized carbons (Fsp3) is 0.875. The van der Waals surface area contributed by atoms with E-state index in [1.807, 2.05) is 4.90 Å². The Hall–Kier alpha value is -0.610. The molecule has 0 radical (unpaired) electrons. The molecule has 0 aromatic carbocycles. The average molecular weight is 171 g/mol. The number of piperidine rings is 1. The zero-order valence-corrected chi connectivity index (χ0v) is 7.55. The van der Waals surface area contributed by atoms with Crippen LogP contribution in [-0.2, 0) is 4.79 Å². The van der Waals surface area contributed by atoms with Crippen molar-refractivity contribution in [2.24, 2.45) is 11.5 Å². The van der Waals surface area contributed by atoms with Crippen LogP contribution in [0.2, 0.25) is 0 Å². The molecule has 1 heterocycles. The van der Waals surface area contributed by atoms with Gasteiger partial charge in [-0.05, 0) is 12.8 Å². The average Bonchev–Trinajstić information content (AvgIpc) is 2.05. The monoisotopic (exact) mass is 171 g/mol. The third-order valence-corrected chi connectivity index (χ3v) is 2.61. The summed E-state index contributed by atoms with van der Waals surface area (Å²) in [6, 6.07) is 0. The first-order valence-electron chi connectivity index (χ1n) is 4.32. The lowest BCUT2D eigenvalue weighted by Crippen LogP contribution is -2.55. The second-order valence-corrected chi connectivity index (χ2v) is 3.57. The van der Waals surface area contributed by atoms with Gasteiger partial charge in [0.1, 0.15) is 0 Å². The van der Waals surface area contributed by atoms with Gasteiger partial charge in [0.05, 0.1) is 0 Å². The van der Waals surface area contributed by atoms with Crippen molar-refractivity contribution in [3.05, 3.63) is 0 Å². The molecule has 0 unspecified atom stereocenters. The highest BCUT2D eigenvalue weighted by atomic mass is 16.2. The van der Waals surface area contributed by atoms with Crippen molar-refractivity contribution in [2.75, 3.05) is 19.6 Å². The predicted octanol–water partition coefficient (Wildman–Crippen LogP) is -0.715. The molecule has 0 aromatic heterocycles. The highest BCUT2D eigenvalue weighted by Crippen LogP contribution is 2.17. The lowest BCUT2D eigenvalue weighted by Gasteiger charge is -2.37. The van der Waals surface area contributed by atoms with E-state index in [-0.39, 0.29) is 11.4 Å². The van der Waals surface area contributed by atoms with Gasteiger partial charge in [0.15, 0.2) is 0 Å². The van der Waals surface area contributed by atoms with E-state index in [0.717, 1.165) is 25.9 Å². The number of hydrogen-bond donors (Lipinski definition) is 2. The van der Waals surface area contributed by atoms with Crippen LogP contribution in [0.25, 0.3) is 0 Å². The first-order valence-corrected chi connectivity index (χ1v) is 4.32. The number of hydrogen-bond acceptors (Lipinski definition) is 3. The molecule has 0 aliphatic carbocycles. The second kappa shape index (κ2) is 3.41. The van der Waals surface area contributed by atoms with E-state index in [9.17, 15) is 4.79 Å². The summed E-state index contributed by atoms with van der Waals surface area (Å²) in [5, 5.41) is 0. The quantitative estimate of drug-likeness (QED) is 0.547. The Kier molecular flexibility index (Phi) is 2.69. The van der Waals surface area contributed by atoms with E-state index in [1.165, 1.54) is 0 Å². The molecule has 4 nitrogen and oxygen atoms in total. The van der Waals surface area contributed by atoms with Crippen LogP contribution in [0.5, 0.6) is 0 Å². The summed E-state index contributed by atoms with van der Waals surface area (Å²) in [6.45, 7) is 3.61. The van der Waals surface area contributed by atoms with E-state index in [4.69, 9.17) is 11.5 Å². The van der Waals surface area contributed by atoms with Gasteiger partial charge >= 0.3 is 0 Å². The van der Waals surface area contributed by atoms with E-state index < -0.39 is 0 Å². The normalized spacial score (nSPS) is 22.4. The van der Waals surface area contributed by atoms with Crippen molar-refractivity contribution in [1.82, 2.24) is 4.90 Å². The summed E-state index contributed by atoms with van der Waals surface area (Å²) in [6.07, 6.45) is 1.64. The Morgan fingerprint density at radius 3 is 2.33 bits per heavy atom. The molecule has 70 valence electrons. The first-order chi connectivity index (χ1) is 5.57. The second-order valence-electron chi connectivity index (χ2n) is 3.57. The number of likely N-dealkylation sites (tertiary alicyclic amines) is 1. The standard InChI is InChI=1S/C8H17N3O/c1-7(12)11-4-2-8(10,6-9)3-5-11/h2-6,9-10H2,1H3. The minimum atomic E-state index is -0.230. The molecular formula is C8H17N3O. The maximum atomic E-state index is 11.0. The Bertz CT molecular complexity index is 173. The fourth-order valence-electron chi connectivity index (χ4n) is 1.47. The number of carbonyl (C=O) groups excluding carboxylic acids is 1. The molecule has 1 aliphatic heterocycles. The summed E-state index contributed by atoms with van der Waals surface area (Å²) >= 11 is 0. The zero-order valence-electron chi connectivity index (χ0n) is 7.55. The van der Waals surface area contributed by atoms with Gasteiger partial charge in [-0.25, -0.2) is 0 Å². The smallest absolute Gasteiger partial charge is 0.219 e. The molecule has 0 spiro atoms. The van der Waals surface area contributed by atoms with Gasteiger partial charge < -0.3 is 16.4 Å². The van der Waals surface area contributed by atoms with Crippen molar-refractivity contribution >= 4 is 5.91 Å². The van der Waals surface area contributed by atoms with E-state index in [2.05, 4.69) is 0 Å². The maximum absolute atomic E-state index is 11.0. The Labute approximate surface area is 72.9 Å². The van der Waals surface area contributed by atoms with Crippen LogP contribution in [0.1, 0.15) is 19.8 Å². The Morgan fingerprint density at radius 2 is 2.00 bits per heavy atom. The van der Waals surface area contributed by atoms with Gasteiger partial charge in [-0.2, -0.15) is 0 Å². The number of nitrogens with zero attached hydrogens (tertiary/aromatic N) is 1. The summed E-state index contributed by atoms with van der Waals surface area (Å²) in [4.78, 5) is 12.8. The van der Waals surface area contributed by atoms with Crippen LogP contribution in [0.4, 0.5) is 0 Å². The van der Waals surface area contributed by atoms with Gasteiger partial charge in [0.2, 0.25) is 5.91 Å². The van der Waals surface area contributed by atoms with Crippen LogP contribution < -0.4 is 11.5 Å². The van der Waals surface area contributed by atoms with E-state index in [0.29, 0.717) is 6.54 Å². The van der Waals surface area contributed by atoms with Crippen LogP contribution in [-0.4, -0.2) is 36.0 Å². The summed E-state index contributed by atoms with van der Waals surface area (Å²) in [7, 11) is 0. The number of amides is 1. The van der Waals surface area contributed by atoms with Crippen LogP contribution >= 0.6 is 0 Å². The van der Waals surface area contributed by atoms with Gasteiger partial charge in [0, 0.05) is 32.1 Å². The molecule has 4 heteroatoms. The molecular weight excluding hydrogens is 154 g/mol. The third-order valence-electron chi connectivity index (χ3n) is 2.61. The van der Waals surface area contributed by atoms with Crippen LogP contribution in [0.3, 0.4) is 0 Å². The lowest BCUT2D eigenvalue weighted by atomic mass is 9.89. The zero-order chi connectivity index (χ0) is 9.19. The van der Waals surface area contributed by atoms with Gasteiger partial charge in [-0.3, -0.25) is 4.79 Å². The molecule has 0 aromatic rings. The summed E-state index contributed by atoms with van der Waals surface area (Å²) < 4.78 is 0. The maximum Gasteiger partial charge on any atom is 0.219 e. The molecule has 1 amide bonds. The molecule has 1 saturated heterocycles. The van der Waals surface area contributed by atoms with Crippen LogP contribution in [0.15, 0.2) is 0 Å². The largest absolute Gasteiger partial charge is 0.343 e. The molecule has 4 N–H and O–H groups in total. The SMILES string of the molecule is CC(=O)N1CCC(N)(CN)CC1. The number of rotatable bonds is 1. The van der Waals surface area contributed by atoms with Crippen LogP contribution in [0, 0.1) is 0 Å². The van der Waals surface area contributed by atoms with Gasteiger partial charge in [-0.1, -0.05) is 0 Å². The molecule has 1 aliphatic rings. The van der Waals surface area contributed by atoms with Crippen molar-refractivity contribution in [3.63, 3.8) is 0 Å². The van der Waals surface area contributed by atoms with Gasteiger partial charge in [-0.15, -0.1) is 0 Å². The minimum Gasteiger partial charge on any atom is -0.343 e. The first kappa shape index (κ1) is 9.48. The fourth-order valence-corrected chi connectivity index (χ4v) is 1.47. The van der Waals surface area contributed by atoms with Crippen molar-refractivity contribution in [1.29, 1.82) is 0 Å². The summed E-state index contributed by atoms with van der Waals surface area (Å²) in [5.41, 5.74) is 11.3. The Balaban J connectivity index is 2.44. The molecule has 1 rings (SSSR count). The topological polar surface area (TPSA) is 72.3 Å². The third kappa shape index (κ3) is 1.95. The van der Waals surface area contributed by atoms with Crippen molar-refractivity contribution < 1.29 is 4.79 Å². The molecule has 12 heavy (non-hydrogen) atoms. The highest BCUT2D eigenvalue weighted by Gasteiger charge is 2.29. The van der Waals surface area contributed by atoms with Crippen molar-refractivity contribution in [2.45, 2.75) is 25.3 Å². The molecule has 0 bridgehead atoms. The highest BCUT2D eigenvalue weighted by molar-refractivity contribution is 5.73. The van der Waals surface area contributed by atoms with E-state index in [1.54, 1.807) is 6.92 Å². The lowest BCUT2D eigenvalue weighted by molar-refractivity contribution is -0.130. The minimum absolute atomic E-state index is 0.133. The van der Waals surface area contributed by atoms with E-state index >= 15 is 0 Å². The van der Waals surface area contributed by atoms with Crippen molar-refractivity contribution in [3.8, 4) is 0 Å². The Morgan fingerprint density at radius 1 is 1.50 bits per heavy atom. The number of carbonyl (C=O) groups is 1. The molecule has 0 atom stereocenters. The molecule has 0 saturated carbocycles. The predicted molar refractivity (Wildman–Crippen MR) is 47.5 cm³/mol.